The Morgan fingerprint density at radius 2 is 1.33 bits per heavy atom. The van der Waals surface area contributed by atoms with Crippen LogP contribution in [0.15, 0.2) is 0 Å². The van der Waals surface area contributed by atoms with Gasteiger partial charge >= 0.3 is 0 Å². The normalized spacial score (nSPS) is 63.9. The minimum absolute atomic E-state index is 0.713. The molecule has 1 heteroatoms. The average Bonchev–Trinajstić information content (AvgIpc) is 2.84. The van der Waals surface area contributed by atoms with Crippen LogP contribution in [0, 0.1) is 46.8 Å². The predicted molar refractivity (Wildman–Crippen MR) is 84.8 cm³/mol. The van der Waals surface area contributed by atoms with Gasteiger partial charge in [0.05, 0.1) is 0 Å². The van der Waals surface area contributed by atoms with Crippen LogP contribution in [0.25, 0.3) is 0 Å². The smallest absolute Gasteiger partial charge is 0.0138 e. The first-order valence-corrected chi connectivity index (χ1v) is 9.98. The van der Waals surface area contributed by atoms with Crippen molar-refractivity contribution >= 4 is 0 Å². The molecule has 7 aliphatic rings. The fourth-order valence-corrected chi connectivity index (χ4v) is 8.72. The van der Waals surface area contributed by atoms with Crippen LogP contribution >= 0.6 is 0 Å². The molecule has 21 heavy (non-hydrogen) atoms. The summed E-state index contributed by atoms with van der Waals surface area (Å²) in [5.41, 5.74) is 0.713. The van der Waals surface area contributed by atoms with Crippen molar-refractivity contribution in [3.8, 4) is 0 Å². The summed E-state index contributed by atoms with van der Waals surface area (Å²) in [6.07, 6.45) is 14.2. The molecule has 1 N–H and O–H groups in total. The summed E-state index contributed by atoms with van der Waals surface area (Å²) in [5.74, 6) is 7.79. The van der Waals surface area contributed by atoms with Crippen molar-refractivity contribution in [2.45, 2.75) is 76.8 Å². The number of rotatable bonds is 3. The average molecular weight is 285 g/mol. The Balaban J connectivity index is 1.20. The third-order valence-electron chi connectivity index (χ3n) is 9.18. The van der Waals surface area contributed by atoms with Crippen molar-refractivity contribution in [2.75, 3.05) is 0 Å². The molecule has 0 aromatic carbocycles. The second-order valence-corrected chi connectivity index (χ2v) is 10.2. The fraction of sp³-hybridized carbons (Fsp3) is 1.00. The van der Waals surface area contributed by atoms with E-state index >= 15 is 0 Å². The Morgan fingerprint density at radius 1 is 0.810 bits per heavy atom. The highest BCUT2D eigenvalue weighted by Crippen LogP contribution is 2.67. The van der Waals surface area contributed by atoms with E-state index in [2.05, 4.69) is 12.2 Å². The largest absolute Gasteiger partial charge is 0.310 e. The zero-order valence-corrected chi connectivity index (χ0v) is 13.6. The van der Waals surface area contributed by atoms with E-state index in [1.165, 1.54) is 0 Å². The van der Waals surface area contributed by atoms with Crippen LogP contribution in [0.1, 0.15) is 64.7 Å². The van der Waals surface area contributed by atoms with Crippen molar-refractivity contribution < 1.29 is 0 Å². The third-order valence-corrected chi connectivity index (χ3v) is 9.18. The van der Waals surface area contributed by atoms with Crippen LogP contribution in [0.3, 0.4) is 0 Å². The lowest BCUT2D eigenvalue weighted by molar-refractivity contribution is -0.0712. The van der Waals surface area contributed by atoms with Gasteiger partial charge in [0, 0.05) is 12.1 Å². The summed E-state index contributed by atoms with van der Waals surface area (Å²) in [4.78, 5) is 0. The molecule has 5 atom stereocenters. The maximum atomic E-state index is 4.21. The SMILES string of the molecule is CC(NC1C2C3CCC(C3)C12)C12CC3CC(CC(C3)C1)C2. The molecule has 0 aromatic rings. The molecule has 0 amide bonds. The molecule has 0 radical (unpaired) electrons. The molecule has 7 rings (SSSR count). The molecular weight excluding hydrogens is 254 g/mol. The Bertz CT molecular complexity index is 417. The van der Waals surface area contributed by atoms with Gasteiger partial charge < -0.3 is 5.32 Å². The molecule has 5 unspecified atom stereocenters. The van der Waals surface area contributed by atoms with Crippen LogP contribution in [0.2, 0.25) is 0 Å². The summed E-state index contributed by atoms with van der Waals surface area (Å²) in [6.45, 7) is 2.57. The summed E-state index contributed by atoms with van der Waals surface area (Å²) in [5, 5.41) is 4.21. The van der Waals surface area contributed by atoms with Crippen molar-refractivity contribution in [3.63, 3.8) is 0 Å². The van der Waals surface area contributed by atoms with Crippen LogP contribution < -0.4 is 5.32 Å². The number of hydrogen-bond donors (Lipinski definition) is 1. The summed E-state index contributed by atoms with van der Waals surface area (Å²) in [6, 6.07) is 1.75. The minimum Gasteiger partial charge on any atom is -0.310 e. The first-order valence-electron chi connectivity index (χ1n) is 9.98. The zero-order valence-electron chi connectivity index (χ0n) is 13.6. The van der Waals surface area contributed by atoms with Gasteiger partial charge in [0.25, 0.3) is 0 Å². The molecule has 0 aromatic heterocycles. The van der Waals surface area contributed by atoms with Gasteiger partial charge in [0.2, 0.25) is 0 Å². The third kappa shape index (κ3) is 1.57. The van der Waals surface area contributed by atoms with Gasteiger partial charge in [-0.2, -0.15) is 0 Å². The van der Waals surface area contributed by atoms with E-state index in [-0.39, 0.29) is 0 Å². The summed E-state index contributed by atoms with van der Waals surface area (Å²) < 4.78 is 0. The lowest BCUT2D eigenvalue weighted by atomic mass is 9.48. The van der Waals surface area contributed by atoms with Gasteiger partial charge in [-0.1, -0.05) is 0 Å². The van der Waals surface area contributed by atoms with Crippen LogP contribution in [-0.2, 0) is 0 Å². The second kappa shape index (κ2) is 3.89. The van der Waals surface area contributed by atoms with E-state index in [0.717, 1.165) is 53.5 Å². The molecule has 7 saturated carbocycles. The molecule has 7 aliphatic carbocycles. The molecule has 6 bridgehead atoms. The second-order valence-electron chi connectivity index (χ2n) is 10.2. The highest BCUT2D eigenvalue weighted by molar-refractivity contribution is 5.18. The Kier molecular flexibility index (Phi) is 2.29. The minimum atomic E-state index is 0.713. The first-order chi connectivity index (χ1) is 10.2. The van der Waals surface area contributed by atoms with E-state index in [4.69, 9.17) is 0 Å². The predicted octanol–water partition coefficient (Wildman–Crippen LogP) is 4.23. The maximum absolute atomic E-state index is 4.21. The molecule has 0 spiro atoms. The number of hydrogen-bond acceptors (Lipinski definition) is 1. The van der Waals surface area contributed by atoms with E-state index in [9.17, 15) is 0 Å². The lowest BCUT2D eigenvalue weighted by Crippen LogP contribution is -2.55. The van der Waals surface area contributed by atoms with Crippen LogP contribution in [0.5, 0.6) is 0 Å². The molecule has 0 saturated heterocycles. The highest BCUT2D eigenvalue weighted by Gasteiger charge is 2.65. The molecule has 0 aliphatic heterocycles. The maximum Gasteiger partial charge on any atom is 0.0138 e. The zero-order chi connectivity index (χ0) is 13.8. The Labute approximate surface area is 129 Å². The Morgan fingerprint density at radius 3 is 1.86 bits per heavy atom. The van der Waals surface area contributed by atoms with Gasteiger partial charge in [-0.15, -0.1) is 0 Å². The standard InChI is InChI=1S/C20H31N/c1-11(21-19-17-15-2-3-16(7-15)18(17)19)20-8-12-4-13(9-20)6-14(5-12)10-20/h11-19,21H,2-10H2,1H3. The van der Waals surface area contributed by atoms with E-state index < -0.39 is 0 Å². The van der Waals surface area contributed by atoms with Gasteiger partial charge in [0.1, 0.15) is 0 Å². The number of fused-ring (bicyclic) bond motifs is 5. The number of nitrogens with one attached hydrogen (secondary N) is 1. The van der Waals surface area contributed by atoms with E-state index in [0.29, 0.717) is 5.41 Å². The van der Waals surface area contributed by atoms with E-state index in [1.807, 2.05) is 0 Å². The molecule has 116 valence electrons. The molecule has 0 heterocycles. The highest BCUT2D eigenvalue weighted by atomic mass is 15.1. The van der Waals surface area contributed by atoms with Gasteiger partial charge in [-0.3, -0.25) is 0 Å². The lowest BCUT2D eigenvalue weighted by Gasteiger charge is -2.59. The molecular formula is C20H31N. The quantitative estimate of drug-likeness (QED) is 0.818. The Hall–Kier alpha value is -0.0400. The summed E-state index contributed by atoms with van der Waals surface area (Å²) >= 11 is 0. The van der Waals surface area contributed by atoms with Crippen molar-refractivity contribution in [3.05, 3.63) is 0 Å². The summed E-state index contributed by atoms with van der Waals surface area (Å²) in [7, 11) is 0. The fourth-order valence-electron chi connectivity index (χ4n) is 8.72. The van der Waals surface area contributed by atoms with Crippen molar-refractivity contribution in [1.82, 2.24) is 5.32 Å². The van der Waals surface area contributed by atoms with Crippen LogP contribution in [-0.4, -0.2) is 12.1 Å². The first kappa shape index (κ1) is 12.4. The van der Waals surface area contributed by atoms with Crippen molar-refractivity contribution in [2.24, 2.45) is 46.8 Å². The van der Waals surface area contributed by atoms with Gasteiger partial charge in [-0.25, -0.2) is 0 Å². The van der Waals surface area contributed by atoms with Gasteiger partial charge in [0.15, 0.2) is 0 Å². The topological polar surface area (TPSA) is 12.0 Å². The monoisotopic (exact) mass is 285 g/mol. The van der Waals surface area contributed by atoms with Crippen LogP contribution in [0.4, 0.5) is 0 Å². The molecule has 7 fully saturated rings. The molecule has 1 nitrogen and oxygen atoms in total. The van der Waals surface area contributed by atoms with Gasteiger partial charge in [-0.05, 0) is 112 Å². The van der Waals surface area contributed by atoms with Crippen molar-refractivity contribution in [1.29, 1.82) is 0 Å². The van der Waals surface area contributed by atoms with E-state index in [1.54, 1.807) is 57.8 Å².